The molecule has 3 atom stereocenters. The zero-order valence-corrected chi connectivity index (χ0v) is 25.4. The topological polar surface area (TPSA) is 12.5 Å². The zero-order valence-electron chi connectivity index (χ0n) is 24.4. The number of hydrogen-bond donors (Lipinski definition) is 0. The third-order valence-electron chi connectivity index (χ3n) is 7.98. The highest BCUT2D eigenvalue weighted by atomic mass is 31.1. The molecule has 0 aliphatic carbocycles. The van der Waals surface area contributed by atoms with Gasteiger partial charge in [-0.25, -0.2) is 0 Å². The molecule has 0 radical (unpaired) electrons. The van der Waals surface area contributed by atoms with E-state index in [1.807, 2.05) is 0 Å². The summed E-state index contributed by atoms with van der Waals surface area (Å²) in [6.07, 6.45) is 2.16. The van der Waals surface area contributed by atoms with Crippen LogP contribution in [-0.2, 0) is 18.3 Å². The fraction of sp³-hybridized carbons (Fsp3) is 0.471. The number of ether oxygens (including phenoxy) is 1. The second-order valence-electron chi connectivity index (χ2n) is 10.7. The highest BCUT2D eigenvalue weighted by molar-refractivity contribution is 7.48. The van der Waals surface area contributed by atoms with Gasteiger partial charge in [0.05, 0.1) is 0 Å². The maximum absolute atomic E-state index is 6.77. The van der Waals surface area contributed by atoms with E-state index in [1.54, 1.807) is 0 Å². The first-order valence-electron chi connectivity index (χ1n) is 14.2. The summed E-state index contributed by atoms with van der Waals surface area (Å²) in [5.41, 5.74) is 8.15. The fourth-order valence-electron chi connectivity index (χ4n) is 5.04. The molecule has 0 N–H and O–H groups in total. The number of nitrogens with zero attached hydrogens (tertiary/aromatic N) is 1. The van der Waals surface area contributed by atoms with Crippen molar-refractivity contribution in [3.05, 3.63) is 94.0 Å². The molecule has 3 aromatic carbocycles. The minimum Gasteiger partial charge on any atom is -0.488 e. The molecule has 0 fully saturated rings. The van der Waals surface area contributed by atoms with Crippen molar-refractivity contribution in [1.82, 2.24) is 4.90 Å². The van der Waals surface area contributed by atoms with Crippen LogP contribution in [-0.4, -0.2) is 18.0 Å². The maximum atomic E-state index is 6.77. The van der Waals surface area contributed by atoms with Crippen molar-refractivity contribution in [2.45, 2.75) is 92.5 Å². The Labute approximate surface area is 228 Å². The van der Waals surface area contributed by atoms with Gasteiger partial charge in [0.15, 0.2) is 0 Å². The number of aryl methyl sites for hydroxylation is 2. The van der Waals surface area contributed by atoms with Gasteiger partial charge in [0.2, 0.25) is 0 Å². The Kier molecular flexibility index (Phi) is 10.8. The van der Waals surface area contributed by atoms with Gasteiger partial charge in [-0.15, -0.1) is 0 Å². The molecule has 0 aromatic heterocycles. The van der Waals surface area contributed by atoms with Crippen molar-refractivity contribution in [3.63, 3.8) is 0 Å². The summed E-state index contributed by atoms with van der Waals surface area (Å²) >= 11 is 0. The predicted molar refractivity (Wildman–Crippen MR) is 164 cm³/mol. The van der Waals surface area contributed by atoms with Crippen molar-refractivity contribution in [2.24, 2.45) is 0 Å². The van der Waals surface area contributed by atoms with E-state index in [0.717, 1.165) is 38.2 Å². The summed E-state index contributed by atoms with van der Waals surface area (Å²) in [5.74, 6) is 1.56. The normalized spacial score (nSPS) is 14.3. The highest BCUT2D eigenvalue weighted by Gasteiger charge is 2.32. The lowest BCUT2D eigenvalue weighted by Crippen LogP contribution is -2.28. The third kappa shape index (κ3) is 7.24. The standard InChI is InChI=1S/C34H48NOP/c1-9-26(6)30-21-25(5)22-31(32(30)36-24-28-18-14-13-15-19-28)34(8,10-2)37-33-27(7)17-16-20-29(33)23-35(11-3)12-4/h13-22,26,37H,9-12,23-24H2,1-8H3. The Bertz CT molecular complexity index is 1140. The van der Waals surface area contributed by atoms with Crippen LogP contribution in [0.5, 0.6) is 5.75 Å². The molecule has 2 nitrogen and oxygen atoms in total. The van der Waals surface area contributed by atoms with Gasteiger partial charge in [-0.2, -0.15) is 0 Å². The molecule has 3 rings (SSSR count). The lowest BCUT2D eigenvalue weighted by atomic mass is 9.87. The van der Waals surface area contributed by atoms with Gasteiger partial charge in [0.25, 0.3) is 0 Å². The van der Waals surface area contributed by atoms with Crippen LogP contribution in [0.4, 0.5) is 0 Å². The Morgan fingerprint density at radius 2 is 1.62 bits per heavy atom. The van der Waals surface area contributed by atoms with Gasteiger partial charge >= 0.3 is 0 Å². The molecule has 0 spiro atoms. The van der Waals surface area contributed by atoms with Crippen molar-refractivity contribution < 1.29 is 4.74 Å². The fourth-order valence-corrected chi connectivity index (χ4v) is 6.69. The van der Waals surface area contributed by atoms with Gasteiger partial charge in [-0.1, -0.05) is 116 Å². The first-order valence-corrected chi connectivity index (χ1v) is 15.2. The van der Waals surface area contributed by atoms with E-state index < -0.39 is 0 Å². The van der Waals surface area contributed by atoms with E-state index in [4.69, 9.17) is 4.74 Å². The van der Waals surface area contributed by atoms with E-state index in [2.05, 4.69) is 121 Å². The lowest BCUT2D eigenvalue weighted by molar-refractivity contribution is 0.294. The molecular formula is C34H48NOP. The summed E-state index contributed by atoms with van der Waals surface area (Å²) in [7, 11) is 0.674. The molecule has 0 amide bonds. The average Bonchev–Trinajstić information content (AvgIpc) is 2.92. The molecule has 0 bridgehead atoms. The van der Waals surface area contributed by atoms with E-state index in [9.17, 15) is 0 Å². The molecule has 0 saturated heterocycles. The van der Waals surface area contributed by atoms with Crippen molar-refractivity contribution in [1.29, 1.82) is 0 Å². The van der Waals surface area contributed by atoms with Gasteiger partial charge < -0.3 is 4.74 Å². The van der Waals surface area contributed by atoms with Crippen LogP contribution in [0, 0.1) is 13.8 Å². The quantitative estimate of drug-likeness (QED) is 0.210. The summed E-state index contributed by atoms with van der Waals surface area (Å²) in [6, 6.07) is 22.2. The average molecular weight is 518 g/mol. The smallest absolute Gasteiger partial charge is 0.127 e. The largest absolute Gasteiger partial charge is 0.488 e. The molecule has 200 valence electrons. The number of rotatable bonds is 13. The van der Waals surface area contributed by atoms with E-state index in [0.29, 0.717) is 21.1 Å². The highest BCUT2D eigenvalue weighted by Crippen LogP contribution is 2.50. The van der Waals surface area contributed by atoms with E-state index >= 15 is 0 Å². The maximum Gasteiger partial charge on any atom is 0.127 e. The molecular weight excluding hydrogens is 469 g/mol. The van der Waals surface area contributed by atoms with Gasteiger partial charge in [0, 0.05) is 17.3 Å². The van der Waals surface area contributed by atoms with Crippen LogP contribution in [0.25, 0.3) is 0 Å². The van der Waals surface area contributed by atoms with Crippen LogP contribution in [0.15, 0.2) is 60.7 Å². The SMILES string of the molecule is CCC(C)c1cc(C)cc(C(C)(CC)Pc2c(C)cccc2CN(CC)CC)c1OCc1ccccc1. The number of benzene rings is 3. The first-order chi connectivity index (χ1) is 17.8. The molecule has 0 heterocycles. The minimum atomic E-state index is -0.00955. The van der Waals surface area contributed by atoms with Crippen LogP contribution in [0.1, 0.15) is 93.7 Å². The van der Waals surface area contributed by atoms with Gasteiger partial charge in [-0.05, 0) is 73.3 Å². The summed E-state index contributed by atoms with van der Waals surface area (Å²) in [5, 5.41) is 1.52. The van der Waals surface area contributed by atoms with Crippen molar-refractivity contribution in [3.8, 4) is 5.75 Å². The predicted octanol–water partition coefficient (Wildman–Crippen LogP) is 8.87. The monoisotopic (exact) mass is 517 g/mol. The Balaban J connectivity index is 2.11. The van der Waals surface area contributed by atoms with E-state index in [1.165, 1.54) is 38.7 Å². The van der Waals surface area contributed by atoms with E-state index in [-0.39, 0.29) is 5.16 Å². The molecule has 3 unspecified atom stereocenters. The minimum absolute atomic E-state index is 0.00955. The molecule has 0 saturated carbocycles. The second kappa shape index (κ2) is 13.6. The summed E-state index contributed by atoms with van der Waals surface area (Å²) < 4.78 is 6.77. The summed E-state index contributed by atoms with van der Waals surface area (Å²) in [6.45, 7) is 22.2. The lowest BCUT2D eigenvalue weighted by Gasteiger charge is -2.35. The molecule has 37 heavy (non-hydrogen) atoms. The molecule has 3 heteroatoms. The summed E-state index contributed by atoms with van der Waals surface area (Å²) in [4.78, 5) is 2.52. The van der Waals surface area contributed by atoms with Gasteiger partial charge in [0.1, 0.15) is 12.4 Å². The zero-order chi connectivity index (χ0) is 27.0. The molecule has 0 aliphatic rings. The molecule has 3 aromatic rings. The second-order valence-corrected chi connectivity index (χ2v) is 12.5. The Hall–Kier alpha value is -2.15. The first kappa shape index (κ1) is 29.4. The molecule has 0 aliphatic heterocycles. The number of hydrogen-bond acceptors (Lipinski definition) is 2. The van der Waals surface area contributed by atoms with Crippen molar-refractivity contribution in [2.75, 3.05) is 13.1 Å². The van der Waals surface area contributed by atoms with Crippen LogP contribution >= 0.6 is 8.58 Å². The van der Waals surface area contributed by atoms with Gasteiger partial charge in [-0.3, -0.25) is 4.90 Å². The van der Waals surface area contributed by atoms with Crippen LogP contribution in [0.2, 0.25) is 0 Å². The van der Waals surface area contributed by atoms with Crippen molar-refractivity contribution >= 4 is 13.9 Å². The third-order valence-corrected chi connectivity index (χ3v) is 10.1. The van der Waals surface area contributed by atoms with Crippen LogP contribution < -0.4 is 10.0 Å². The van der Waals surface area contributed by atoms with Crippen LogP contribution in [0.3, 0.4) is 0 Å². The Morgan fingerprint density at radius 3 is 2.24 bits per heavy atom. The Morgan fingerprint density at radius 1 is 0.919 bits per heavy atom.